The second-order valence-electron chi connectivity index (χ2n) is 6.13. The van der Waals surface area contributed by atoms with E-state index in [1.54, 1.807) is 24.3 Å². The minimum atomic E-state index is -3.28. The minimum Gasteiger partial charge on any atom is -0.352 e. The van der Waals surface area contributed by atoms with E-state index in [9.17, 15) is 13.2 Å². The predicted octanol–water partition coefficient (Wildman–Crippen LogP) is 1.91. The highest BCUT2D eigenvalue weighted by Gasteiger charge is 2.26. The van der Waals surface area contributed by atoms with Crippen molar-refractivity contribution in [2.75, 3.05) is 18.1 Å². The molecule has 2 unspecified atom stereocenters. The minimum absolute atomic E-state index is 0.0468. The molecule has 1 saturated carbocycles. The van der Waals surface area contributed by atoms with Crippen molar-refractivity contribution >= 4 is 24.8 Å². The zero-order valence-corrected chi connectivity index (χ0v) is 15.3. The number of nitrogens with one attached hydrogen (secondary N) is 1. The van der Waals surface area contributed by atoms with E-state index < -0.39 is 25.0 Å². The number of sulfone groups is 1. The van der Waals surface area contributed by atoms with Gasteiger partial charge < -0.3 is 14.7 Å². The van der Waals surface area contributed by atoms with Gasteiger partial charge in [0.2, 0.25) is 0 Å². The van der Waals surface area contributed by atoms with Crippen LogP contribution in [0.1, 0.15) is 36.0 Å². The van der Waals surface area contributed by atoms with Crippen LogP contribution in [0.25, 0.3) is 0 Å². The Labute approximate surface area is 144 Å². The fraction of sp³-hybridized carbons (Fsp3) is 0.562. The molecule has 0 bridgehead atoms. The highest BCUT2D eigenvalue weighted by Crippen LogP contribution is 2.26. The molecule has 1 fully saturated rings. The number of hydrogen-bond donors (Lipinski definition) is 2. The highest BCUT2D eigenvalue weighted by atomic mass is 32.2. The fourth-order valence-corrected chi connectivity index (χ4v) is 5.37. The molecule has 0 radical (unpaired) electrons. The van der Waals surface area contributed by atoms with Gasteiger partial charge in [-0.1, -0.05) is 31.0 Å². The Balaban J connectivity index is 1.87. The van der Waals surface area contributed by atoms with E-state index in [-0.39, 0.29) is 29.9 Å². The summed E-state index contributed by atoms with van der Waals surface area (Å²) < 4.78 is 29.7. The average Bonchev–Trinajstić information content (AvgIpc) is 3.05. The van der Waals surface area contributed by atoms with Crippen molar-refractivity contribution in [2.45, 2.75) is 31.8 Å². The molecule has 6 nitrogen and oxygen atoms in total. The Morgan fingerprint density at radius 2 is 1.96 bits per heavy atom. The van der Waals surface area contributed by atoms with Gasteiger partial charge in [0.15, 0.2) is 18.9 Å². The van der Waals surface area contributed by atoms with Gasteiger partial charge in [0.05, 0.1) is 17.6 Å². The van der Waals surface area contributed by atoms with Crippen molar-refractivity contribution in [1.29, 1.82) is 0 Å². The summed E-state index contributed by atoms with van der Waals surface area (Å²) in [7, 11) is -4.09. The monoisotopic (exact) mass is 373 g/mol. The van der Waals surface area contributed by atoms with Crippen molar-refractivity contribution in [2.24, 2.45) is 5.92 Å². The molecule has 1 aliphatic carbocycles. The summed E-state index contributed by atoms with van der Waals surface area (Å²) in [6, 6.07) is 8.67. The summed E-state index contributed by atoms with van der Waals surface area (Å²) in [5.41, 5.74) is 0.497. The lowest BCUT2D eigenvalue weighted by atomic mass is 10.1. The standard InChI is InChI=1S/C16H24NO5PS/c18-16(14-8-2-1-3-9-14)17-10-15(22-23-19)12-24(20,21)11-13-6-4-5-7-13/h1-3,8-9,13,15,19,23H,4-7,10-12H2,(H,17,18). The third-order valence-corrected chi connectivity index (χ3v) is 6.45. The molecule has 0 aromatic heterocycles. The van der Waals surface area contributed by atoms with E-state index in [1.807, 2.05) is 6.07 Å². The molecule has 1 aromatic rings. The van der Waals surface area contributed by atoms with Gasteiger partial charge in [0.1, 0.15) is 0 Å². The van der Waals surface area contributed by atoms with Crippen LogP contribution in [0.15, 0.2) is 30.3 Å². The van der Waals surface area contributed by atoms with Crippen LogP contribution in [-0.4, -0.2) is 43.4 Å². The van der Waals surface area contributed by atoms with E-state index in [2.05, 4.69) is 5.32 Å². The van der Waals surface area contributed by atoms with Crippen LogP contribution in [-0.2, 0) is 14.4 Å². The molecule has 2 N–H and O–H groups in total. The molecule has 0 heterocycles. The number of hydrogen-bond acceptors (Lipinski definition) is 5. The second kappa shape index (κ2) is 9.47. The van der Waals surface area contributed by atoms with Gasteiger partial charge in [-0.2, -0.15) is 0 Å². The summed E-state index contributed by atoms with van der Waals surface area (Å²) in [6.07, 6.45) is 3.35. The van der Waals surface area contributed by atoms with E-state index in [0.29, 0.717) is 5.56 Å². The second-order valence-corrected chi connectivity index (χ2v) is 8.71. The van der Waals surface area contributed by atoms with Crippen LogP contribution in [0, 0.1) is 5.92 Å². The summed E-state index contributed by atoms with van der Waals surface area (Å²) in [4.78, 5) is 21.0. The summed E-state index contributed by atoms with van der Waals surface area (Å²) in [6.45, 7) is 0.0468. The van der Waals surface area contributed by atoms with Gasteiger partial charge in [-0.15, -0.1) is 0 Å². The van der Waals surface area contributed by atoms with E-state index >= 15 is 0 Å². The number of carbonyl (C=O) groups excluding carboxylic acids is 1. The first-order chi connectivity index (χ1) is 11.5. The highest BCUT2D eigenvalue weighted by molar-refractivity contribution is 7.91. The summed E-state index contributed by atoms with van der Waals surface area (Å²) in [5, 5.41) is 2.67. The molecule has 0 spiro atoms. The largest absolute Gasteiger partial charge is 0.352 e. The molecular weight excluding hydrogens is 349 g/mol. The smallest absolute Gasteiger partial charge is 0.251 e. The first-order valence-corrected chi connectivity index (χ1v) is 10.8. The van der Waals surface area contributed by atoms with Gasteiger partial charge in [0, 0.05) is 12.1 Å². The molecule has 2 rings (SSSR count). The Hall–Kier alpha value is -1.01. The van der Waals surface area contributed by atoms with Crippen molar-refractivity contribution in [3.8, 4) is 0 Å². The summed E-state index contributed by atoms with van der Waals surface area (Å²) >= 11 is 0. The summed E-state index contributed by atoms with van der Waals surface area (Å²) in [5.74, 6) is -0.0926. The number of amides is 1. The van der Waals surface area contributed by atoms with Crippen molar-refractivity contribution in [3.63, 3.8) is 0 Å². The van der Waals surface area contributed by atoms with Crippen molar-refractivity contribution < 1.29 is 22.6 Å². The Kier molecular flexibility index (Phi) is 7.62. The fourth-order valence-electron chi connectivity index (χ4n) is 2.99. The first-order valence-electron chi connectivity index (χ1n) is 8.08. The van der Waals surface area contributed by atoms with Crippen LogP contribution < -0.4 is 5.32 Å². The topological polar surface area (TPSA) is 92.7 Å². The van der Waals surface area contributed by atoms with E-state index in [1.165, 1.54) is 0 Å². The molecule has 1 aliphatic rings. The lowest BCUT2D eigenvalue weighted by Gasteiger charge is -2.18. The van der Waals surface area contributed by atoms with Crippen LogP contribution in [0.2, 0.25) is 0 Å². The molecule has 2 atom stereocenters. The molecule has 24 heavy (non-hydrogen) atoms. The van der Waals surface area contributed by atoms with Crippen LogP contribution in [0.4, 0.5) is 0 Å². The van der Waals surface area contributed by atoms with Gasteiger partial charge in [-0.3, -0.25) is 4.79 Å². The molecule has 134 valence electrons. The lowest BCUT2D eigenvalue weighted by molar-refractivity contribution is 0.0934. The van der Waals surface area contributed by atoms with Crippen molar-refractivity contribution in [1.82, 2.24) is 5.32 Å². The zero-order valence-electron chi connectivity index (χ0n) is 13.5. The maximum Gasteiger partial charge on any atom is 0.251 e. The Morgan fingerprint density at radius 1 is 1.29 bits per heavy atom. The molecule has 1 amide bonds. The van der Waals surface area contributed by atoms with Gasteiger partial charge in [0.25, 0.3) is 5.91 Å². The third-order valence-electron chi connectivity index (χ3n) is 4.15. The molecule has 0 aliphatic heterocycles. The molecule has 1 aromatic carbocycles. The zero-order chi connectivity index (χ0) is 17.4. The maximum atomic E-state index is 12.3. The SMILES string of the molecule is O=C(NCC(CS(=O)(=O)CC1CCCC1)OPO)c1ccccc1. The normalized spacial score (nSPS) is 17.4. The first kappa shape index (κ1) is 19.3. The maximum absolute atomic E-state index is 12.3. The Morgan fingerprint density at radius 3 is 2.58 bits per heavy atom. The van der Waals surface area contributed by atoms with E-state index in [4.69, 9.17) is 9.42 Å². The number of rotatable bonds is 9. The quantitative estimate of drug-likeness (QED) is 0.645. The third kappa shape index (κ3) is 6.48. The average molecular weight is 373 g/mol. The molecule has 0 saturated heterocycles. The van der Waals surface area contributed by atoms with Crippen LogP contribution in [0.5, 0.6) is 0 Å². The number of benzene rings is 1. The number of carbonyl (C=O) groups is 1. The van der Waals surface area contributed by atoms with Crippen molar-refractivity contribution in [3.05, 3.63) is 35.9 Å². The van der Waals surface area contributed by atoms with Gasteiger partial charge >= 0.3 is 0 Å². The lowest BCUT2D eigenvalue weighted by Crippen LogP contribution is -2.37. The predicted molar refractivity (Wildman–Crippen MR) is 94.8 cm³/mol. The molecular formula is C16H24NO5PS. The molecule has 8 heteroatoms. The van der Waals surface area contributed by atoms with Crippen LogP contribution in [0.3, 0.4) is 0 Å². The van der Waals surface area contributed by atoms with Gasteiger partial charge in [-0.25, -0.2) is 8.42 Å². The van der Waals surface area contributed by atoms with Gasteiger partial charge in [-0.05, 0) is 30.9 Å². The van der Waals surface area contributed by atoms with E-state index in [0.717, 1.165) is 25.7 Å². The van der Waals surface area contributed by atoms with Crippen LogP contribution >= 0.6 is 9.03 Å². The Bertz CT molecular complexity index is 617.